The fourth-order valence-corrected chi connectivity index (χ4v) is 3.00. The van der Waals surface area contributed by atoms with Crippen molar-refractivity contribution in [2.45, 2.75) is 33.1 Å². The van der Waals surface area contributed by atoms with Gasteiger partial charge < -0.3 is 10.3 Å². The van der Waals surface area contributed by atoms with Crippen molar-refractivity contribution in [3.8, 4) is 0 Å². The minimum Gasteiger partial charge on any atom is -0.385 e. The molecule has 0 bridgehead atoms. The number of nitrogens with one attached hydrogen (secondary N) is 2. The number of rotatable bonds is 6. The van der Waals surface area contributed by atoms with Crippen LogP contribution in [-0.2, 0) is 19.9 Å². The Labute approximate surface area is 140 Å². The minimum atomic E-state index is -0.131. The molecule has 0 aliphatic heterocycles. The quantitative estimate of drug-likeness (QED) is 0.730. The highest BCUT2D eigenvalue weighted by Gasteiger charge is 2.15. The van der Waals surface area contributed by atoms with E-state index in [1.807, 2.05) is 18.2 Å². The average molecular weight is 325 g/mol. The van der Waals surface area contributed by atoms with Crippen LogP contribution in [0, 0.1) is 0 Å². The van der Waals surface area contributed by atoms with Crippen LogP contribution in [0.2, 0.25) is 0 Å². The molecule has 2 aromatic heterocycles. The van der Waals surface area contributed by atoms with E-state index in [-0.39, 0.29) is 5.56 Å². The molecular weight excluding hydrogens is 302 g/mol. The van der Waals surface area contributed by atoms with Gasteiger partial charge in [0.25, 0.3) is 5.56 Å². The molecular formula is C18H23N5O. The highest BCUT2D eigenvalue weighted by molar-refractivity contribution is 5.76. The van der Waals surface area contributed by atoms with Gasteiger partial charge in [0.1, 0.15) is 11.3 Å². The van der Waals surface area contributed by atoms with Crippen molar-refractivity contribution < 1.29 is 0 Å². The molecule has 0 aliphatic rings. The Morgan fingerprint density at radius 2 is 2.04 bits per heavy atom. The molecule has 24 heavy (non-hydrogen) atoms. The predicted molar refractivity (Wildman–Crippen MR) is 96.5 cm³/mol. The lowest BCUT2D eigenvalue weighted by atomic mass is 10.1. The van der Waals surface area contributed by atoms with Gasteiger partial charge in [0.15, 0.2) is 5.52 Å². The number of aromatic nitrogens is 4. The fourth-order valence-electron chi connectivity index (χ4n) is 3.00. The lowest BCUT2D eigenvalue weighted by Crippen LogP contribution is -2.15. The Bertz CT molecular complexity index is 909. The molecule has 0 saturated carbocycles. The third-order valence-corrected chi connectivity index (χ3v) is 4.04. The van der Waals surface area contributed by atoms with Gasteiger partial charge in [-0.15, -0.1) is 0 Å². The van der Waals surface area contributed by atoms with Crippen molar-refractivity contribution in [1.29, 1.82) is 0 Å². The summed E-state index contributed by atoms with van der Waals surface area (Å²) in [7, 11) is 1.79. The maximum atomic E-state index is 12.5. The molecule has 126 valence electrons. The maximum absolute atomic E-state index is 12.5. The summed E-state index contributed by atoms with van der Waals surface area (Å²) in [4.78, 5) is 20.1. The number of H-pyrrole nitrogens is 1. The number of anilines is 1. The molecule has 0 amide bonds. The molecule has 0 aliphatic carbocycles. The van der Waals surface area contributed by atoms with E-state index in [2.05, 4.69) is 35.3 Å². The maximum Gasteiger partial charge on any atom is 0.277 e. The number of hydrogen-bond acceptors (Lipinski definition) is 4. The van der Waals surface area contributed by atoms with Crippen LogP contribution < -0.4 is 10.9 Å². The van der Waals surface area contributed by atoms with E-state index in [9.17, 15) is 4.79 Å². The minimum absolute atomic E-state index is 0.131. The first-order chi connectivity index (χ1) is 11.6. The van der Waals surface area contributed by atoms with Gasteiger partial charge >= 0.3 is 0 Å². The van der Waals surface area contributed by atoms with Crippen molar-refractivity contribution in [1.82, 2.24) is 19.7 Å². The molecule has 2 heterocycles. The summed E-state index contributed by atoms with van der Waals surface area (Å²) >= 11 is 0. The predicted octanol–water partition coefficient (Wildman–Crippen LogP) is 2.63. The van der Waals surface area contributed by atoms with Gasteiger partial charge in [0.2, 0.25) is 0 Å². The van der Waals surface area contributed by atoms with Crippen molar-refractivity contribution in [2.24, 2.45) is 7.05 Å². The summed E-state index contributed by atoms with van der Waals surface area (Å²) in [6.07, 6.45) is 2.37. The van der Waals surface area contributed by atoms with Crippen LogP contribution in [0.15, 0.2) is 29.1 Å². The summed E-state index contributed by atoms with van der Waals surface area (Å²) in [6, 6.07) is 8.10. The van der Waals surface area contributed by atoms with E-state index in [0.717, 1.165) is 41.8 Å². The smallest absolute Gasteiger partial charge is 0.277 e. The number of aromatic amines is 1. The van der Waals surface area contributed by atoms with Gasteiger partial charge in [-0.25, -0.2) is 4.98 Å². The third kappa shape index (κ3) is 3.04. The Kier molecular flexibility index (Phi) is 4.64. The number of fused-ring (bicyclic) bond motifs is 1. The fraction of sp³-hybridized carbons (Fsp3) is 0.389. The molecule has 1 aromatic carbocycles. The van der Waals surface area contributed by atoms with E-state index >= 15 is 0 Å². The summed E-state index contributed by atoms with van der Waals surface area (Å²) in [6.45, 7) is 5.01. The van der Waals surface area contributed by atoms with Gasteiger partial charge in [-0.3, -0.25) is 9.48 Å². The second-order valence-corrected chi connectivity index (χ2v) is 5.89. The normalized spacial score (nSPS) is 11.1. The molecule has 0 spiro atoms. The molecule has 0 radical (unpaired) electrons. The lowest BCUT2D eigenvalue weighted by molar-refractivity contribution is 0.750. The second-order valence-electron chi connectivity index (χ2n) is 5.89. The average Bonchev–Trinajstić information content (AvgIpc) is 2.86. The highest BCUT2D eigenvalue weighted by Crippen LogP contribution is 2.19. The van der Waals surface area contributed by atoms with E-state index in [1.54, 1.807) is 11.7 Å². The SMILES string of the molecule is CCCc1nn(C)c2c(=O)[nH]c(Cc3ccccc3NCC)nc12. The van der Waals surface area contributed by atoms with Crippen LogP contribution in [0.4, 0.5) is 5.69 Å². The number of hydrogen-bond donors (Lipinski definition) is 2. The molecule has 3 aromatic rings. The van der Waals surface area contributed by atoms with E-state index in [1.165, 1.54) is 0 Å². The topological polar surface area (TPSA) is 75.6 Å². The molecule has 3 rings (SSSR count). The molecule has 0 unspecified atom stereocenters. The monoisotopic (exact) mass is 325 g/mol. The van der Waals surface area contributed by atoms with Crippen LogP contribution in [0.3, 0.4) is 0 Å². The Balaban J connectivity index is 2.05. The molecule has 2 N–H and O–H groups in total. The first-order valence-corrected chi connectivity index (χ1v) is 8.40. The number of para-hydroxylation sites is 1. The Morgan fingerprint density at radius 3 is 2.79 bits per heavy atom. The Hall–Kier alpha value is -2.63. The van der Waals surface area contributed by atoms with Crippen molar-refractivity contribution in [3.05, 3.63) is 51.7 Å². The third-order valence-electron chi connectivity index (χ3n) is 4.04. The van der Waals surface area contributed by atoms with E-state index in [4.69, 9.17) is 4.98 Å². The molecule has 0 saturated heterocycles. The lowest BCUT2D eigenvalue weighted by Gasteiger charge is -2.10. The largest absolute Gasteiger partial charge is 0.385 e. The van der Waals surface area contributed by atoms with Crippen LogP contribution in [0.1, 0.15) is 37.4 Å². The number of aryl methyl sites for hydroxylation is 2. The van der Waals surface area contributed by atoms with Crippen molar-refractivity contribution >= 4 is 16.7 Å². The van der Waals surface area contributed by atoms with Gasteiger partial charge in [0, 0.05) is 25.7 Å². The van der Waals surface area contributed by atoms with Gasteiger partial charge in [0.05, 0.1) is 5.69 Å². The van der Waals surface area contributed by atoms with Gasteiger partial charge in [-0.05, 0) is 25.0 Å². The first-order valence-electron chi connectivity index (χ1n) is 8.40. The zero-order valence-electron chi connectivity index (χ0n) is 14.4. The van der Waals surface area contributed by atoms with E-state index in [0.29, 0.717) is 17.8 Å². The first kappa shape index (κ1) is 16.2. The summed E-state index contributed by atoms with van der Waals surface area (Å²) in [5, 5.41) is 7.80. The molecule has 0 fully saturated rings. The van der Waals surface area contributed by atoms with Crippen molar-refractivity contribution in [2.75, 3.05) is 11.9 Å². The van der Waals surface area contributed by atoms with Crippen LogP contribution in [0.25, 0.3) is 11.0 Å². The number of benzene rings is 1. The van der Waals surface area contributed by atoms with Gasteiger partial charge in [-0.1, -0.05) is 31.5 Å². The second kappa shape index (κ2) is 6.86. The molecule has 0 atom stereocenters. The van der Waals surface area contributed by atoms with Crippen molar-refractivity contribution in [3.63, 3.8) is 0 Å². The standard InChI is InChI=1S/C18H23N5O/c1-4-8-14-16-17(23(3)22-14)18(24)21-15(20-16)11-12-9-6-7-10-13(12)19-5-2/h6-7,9-10,19H,4-5,8,11H2,1-3H3,(H,20,21,24). The zero-order valence-corrected chi connectivity index (χ0v) is 14.4. The van der Waals surface area contributed by atoms with Crippen LogP contribution in [0.5, 0.6) is 0 Å². The summed E-state index contributed by atoms with van der Waals surface area (Å²) in [5.74, 6) is 0.670. The molecule has 6 heteroatoms. The number of nitrogens with zero attached hydrogens (tertiary/aromatic N) is 3. The zero-order chi connectivity index (χ0) is 17.1. The van der Waals surface area contributed by atoms with Crippen LogP contribution in [-0.4, -0.2) is 26.3 Å². The Morgan fingerprint density at radius 1 is 1.25 bits per heavy atom. The summed E-state index contributed by atoms with van der Waals surface area (Å²) in [5.41, 5.74) is 4.21. The molecule has 6 nitrogen and oxygen atoms in total. The highest BCUT2D eigenvalue weighted by atomic mass is 16.1. The summed E-state index contributed by atoms with van der Waals surface area (Å²) < 4.78 is 1.63. The van der Waals surface area contributed by atoms with Crippen LogP contribution >= 0.6 is 0 Å². The van der Waals surface area contributed by atoms with Gasteiger partial charge in [-0.2, -0.15) is 5.10 Å². The van der Waals surface area contributed by atoms with E-state index < -0.39 is 0 Å².